The molecule has 2 atom stereocenters. The highest BCUT2D eigenvalue weighted by Gasteiger charge is 2.24. The Labute approximate surface area is 66.1 Å². The zero-order chi connectivity index (χ0) is 8.27. The zero-order valence-corrected chi connectivity index (χ0v) is 6.48. The van der Waals surface area contributed by atoms with Crippen LogP contribution in [-0.4, -0.2) is 58.7 Å². The van der Waals surface area contributed by atoms with Gasteiger partial charge in [-0.15, -0.1) is 0 Å². The number of hydrogen-bond acceptors (Lipinski definition) is 4. The molecule has 1 fully saturated rings. The Bertz CT molecular complexity index is 120. The van der Waals surface area contributed by atoms with Gasteiger partial charge in [0.1, 0.15) is 0 Å². The average molecular weight is 161 g/mol. The molecule has 0 radical (unpaired) electrons. The number of likely N-dealkylation sites (tertiary alicyclic amines) is 1. The van der Waals surface area contributed by atoms with Crippen molar-refractivity contribution in [1.82, 2.24) is 4.90 Å². The second-order valence-electron chi connectivity index (χ2n) is 2.95. The normalized spacial score (nSPS) is 34.1. The molecule has 4 heteroatoms. The van der Waals surface area contributed by atoms with Gasteiger partial charge in [0.25, 0.3) is 0 Å². The molecule has 1 aliphatic heterocycles. The fourth-order valence-electron chi connectivity index (χ4n) is 1.33. The van der Waals surface area contributed by atoms with E-state index in [-0.39, 0.29) is 6.61 Å². The van der Waals surface area contributed by atoms with Crippen molar-refractivity contribution in [2.24, 2.45) is 0 Å². The minimum Gasteiger partial charge on any atom is -0.395 e. The highest BCUT2D eigenvalue weighted by Crippen LogP contribution is 2.09. The van der Waals surface area contributed by atoms with Crippen LogP contribution in [0.15, 0.2) is 0 Å². The maximum atomic E-state index is 9.20. The predicted molar refractivity (Wildman–Crippen MR) is 40.2 cm³/mol. The number of nitrogens with zero attached hydrogens (tertiary/aromatic N) is 1. The molecule has 1 rings (SSSR count). The van der Waals surface area contributed by atoms with Gasteiger partial charge in [0.05, 0.1) is 18.8 Å². The summed E-state index contributed by atoms with van der Waals surface area (Å²) in [6.07, 6.45) is -0.624. The first-order valence-corrected chi connectivity index (χ1v) is 3.93. The van der Waals surface area contributed by atoms with Gasteiger partial charge in [0, 0.05) is 19.6 Å². The van der Waals surface area contributed by atoms with Gasteiger partial charge in [-0.3, -0.25) is 4.90 Å². The van der Waals surface area contributed by atoms with Gasteiger partial charge in [0.15, 0.2) is 0 Å². The molecule has 1 heterocycles. The predicted octanol–water partition coefficient (Wildman–Crippen LogP) is -1.59. The molecule has 0 spiro atoms. The van der Waals surface area contributed by atoms with Crippen LogP contribution in [0.5, 0.6) is 0 Å². The second kappa shape index (κ2) is 4.01. The first-order valence-electron chi connectivity index (χ1n) is 3.93. The van der Waals surface area contributed by atoms with Crippen LogP contribution in [0.3, 0.4) is 0 Å². The molecule has 0 aliphatic carbocycles. The Balaban J connectivity index is 2.28. The maximum Gasteiger partial charge on any atom is 0.0926 e. The molecule has 11 heavy (non-hydrogen) atoms. The summed E-state index contributed by atoms with van der Waals surface area (Å²) >= 11 is 0. The maximum absolute atomic E-state index is 9.20. The van der Waals surface area contributed by atoms with Gasteiger partial charge < -0.3 is 15.3 Å². The molecular weight excluding hydrogens is 146 g/mol. The van der Waals surface area contributed by atoms with Crippen molar-refractivity contribution >= 4 is 0 Å². The Kier molecular flexibility index (Phi) is 3.26. The topological polar surface area (TPSA) is 63.9 Å². The van der Waals surface area contributed by atoms with Crippen molar-refractivity contribution in [2.75, 3.05) is 26.2 Å². The molecular formula is C7H15NO3. The van der Waals surface area contributed by atoms with Crippen LogP contribution in [0.25, 0.3) is 0 Å². The number of hydrogen-bond donors (Lipinski definition) is 3. The summed E-state index contributed by atoms with van der Waals surface area (Å²) in [4.78, 5) is 1.94. The lowest BCUT2D eigenvalue weighted by atomic mass is 10.1. The van der Waals surface area contributed by atoms with E-state index in [0.29, 0.717) is 19.5 Å². The largest absolute Gasteiger partial charge is 0.395 e. The molecule has 1 aliphatic rings. The van der Waals surface area contributed by atoms with Crippen LogP contribution in [0.4, 0.5) is 0 Å². The number of piperidine rings is 1. The van der Waals surface area contributed by atoms with E-state index >= 15 is 0 Å². The quantitative estimate of drug-likeness (QED) is 0.457. The van der Waals surface area contributed by atoms with E-state index in [1.165, 1.54) is 0 Å². The van der Waals surface area contributed by atoms with E-state index in [1.807, 2.05) is 4.90 Å². The molecule has 0 aromatic carbocycles. The number of aliphatic hydroxyl groups is 3. The van der Waals surface area contributed by atoms with E-state index in [9.17, 15) is 5.11 Å². The summed E-state index contributed by atoms with van der Waals surface area (Å²) in [5.41, 5.74) is 0. The van der Waals surface area contributed by atoms with E-state index in [1.54, 1.807) is 0 Å². The lowest BCUT2D eigenvalue weighted by Crippen LogP contribution is -2.47. The third-order valence-corrected chi connectivity index (χ3v) is 2.05. The number of rotatable bonds is 2. The fraction of sp³-hybridized carbons (Fsp3) is 1.00. The second-order valence-corrected chi connectivity index (χ2v) is 2.95. The van der Waals surface area contributed by atoms with Gasteiger partial charge in [-0.05, 0) is 6.42 Å². The molecule has 4 nitrogen and oxygen atoms in total. The van der Waals surface area contributed by atoms with E-state index in [2.05, 4.69) is 0 Å². The van der Waals surface area contributed by atoms with Gasteiger partial charge in [-0.25, -0.2) is 0 Å². The van der Waals surface area contributed by atoms with E-state index < -0.39 is 12.2 Å². The van der Waals surface area contributed by atoms with E-state index in [0.717, 1.165) is 6.54 Å². The standard InChI is InChI=1S/C7H15NO3/c9-4-3-8-2-1-6(10)7(11)5-8/h6-7,9-11H,1-5H2/t6-,7-/m0/s1. The molecule has 0 aromatic heterocycles. The molecule has 0 saturated carbocycles. The third kappa shape index (κ3) is 2.41. The number of aliphatic hydroxyl groups excluding tert-OH is 3. The lowest BCUT2D eigenvalue weighted by molar-refractivity contribution is -0.0409. The van der Waals surface area contributed by atoms with Crippen molar-refractivity contribution in [3.8, 4) is 0 Å². The summed E-state index contributed by atoms with van der Waals surface area (Å²) in [6, 6.07) is 0. The molecule has 1 saturated heterocycles. The summed E-state index contributed by atoms with van der Waals surface area (Å²) in [5.74, 6) is 0. The van der Waals surface area contributed by atoms with Gasteiger partial charge in [0.2, 0.25) is 0 Å². The van der Waals surface area contributed by atoms with Gasteiger partial charge in [-0.2, -0.15) is 0 Å². The highest BCUT2D eigenvalue weighted by atomic mass is 16.3. The summed E-state index contributed by atoms with van der Waals surface area (Å²) in [6.45, 7) is 1.94. The molecule has 3 N–H and O–H groups in total. The van der Waals surface area contributed by atoms with Crippen molar-refractivity contribution < 1.29 is 15.3 Å². The minimum atomic E-state index is -0.643. The summed E-state index contributed by atoms with van der Waals surface area (Å²) in [5, 5.41) is 26.9. The van der Waals surface area contributed by atoms with Crippen LogP contribution < -0.4 is 0 Å². The Hall–Kier alpha value is -0.160. The molecule has 0 aromatic rings. The monoisotopic (exact) mass is 161 g/mol. The highest BCUT2D eigenvalue weighted by molar-refractivity contribution is 4.78. The van der Waals surface area contributed by atoms with Crippen molar-refractivity contribution in [1.29, 1.82) is 0 Å². The van der Waals surface area contributed by atoms with Gasteiger partial charge >= 0.3 is 0 Å². The Morgan fingerprint density at radius 3 is 2.55 bits per heavy atom. The molecule has 0 unspecified atom stereocenters. The fourth-order valence-corrected chi connectivity index (χ4v) is 1.33. The van der Waals surface area contributed by atoms with Crippen LogP contribution >= 0.6 is 0 Å². The third-order valence-electron chi connectivity index (χ3n) is 2.05. The lowest BCUT2D eigenvalue weighted by Gasteiger charge is -2.32. The average Bonchev–Trinajstić information content (AvgIpc) is 1.98. The van der Waals surface area contributed by atoms with Crippen molar-refractivity contribution in [3.05, 3.63) is 0 Å². The Morgan fingerprint density at radius 2 is 2.00 bits per heavy atom. The summed E-state index contributed by atoms with van der Waals surface area (Å²) < 4.78 is 0. The molecule has 66 valence electrons. The smallest absolute Gasteiger partial charge is 0.0926 e. The van der Waals surface area contributed by atoms with Crippen molar-refractivity contribution in [3.63, 3.8) is 0 Å². The SMILES string of the molecule is OCCN1CC[C@H](O)[C@@H](O)C1. The van der Waals surface area contributed by atoms with Crippen LogP contribution in [0.1, 0.15) is 6.42 Å². The van der Waals surface area contributed by atoms with E-state index in [4.69, 9.17) is 10.2 Å². The number of β-amino-alcohol motifs (C(OH)–C–C–N with tert-alkyl or cyclic N) is 2. The molecule has 0 amide bonds. The zero-order valence-electron chi connectivity index (χ0n) is 6.48. The van der Waals surface area contributed by atoms with Crippen LogP contribution in [0, 0.1) is 0 Å². The van der Waals surface area contributed by atoms with Crippen LogP contribution in [0.2, 0.25) is 0 Å². The minimum absolute atomic E-state index is 0.114. The molecule has 0 bridgehead atoms. The van der Waals surface area contributed by atoms with Crippen molar-refractivity contribution in [2.45, 2.75) is 18.6 Å². The van der Waals surface area contributed by atoms with Crippen LogP contribution in [-0.2, 0) is 0 Å². The Morgan fingerprint density at radius 1 is 1.27 bits per heavy atom. The first kappa shape index (κ1) is 8.93. The summed E-state index contributed by atoms with van der Waals surface area (Å²) in [7, 11) is 0. The van der Waals surface area contributed by atoms with Gasteiger partial charge in [-0.1, -0.05) is 0 Å². The first-order chi connectivity index (χ1) is 5.24.